The van der Waals surface area contributed by atoms with Crippen molar-refractivity contribution in [3.63, 3.8) is 0 Å². The van der Waals surface area contributed by atoms with Crippen molar-refractivity contribution in [1.82, 2.24) is 14.7 Å². The molecule has 1 atom stereocenters. The Hall–Kier alpha value is -2.11. The molecule has 0 N–H and O–H groups in total. The number of hydrogen-bond acceptors (Lipinski definition) is 4. The van der Waals surface area contributed by atoms with Crippen LogP contribution in [0.1, 0.15) is 40.3 Å². The molecule has 5 heteroatoms. The van der Waals surface area contributed by atoms with Crippen LogP contribution in [0.5, 0.6) is 0 Å². The Morgan fingerprint density at radius 1 is 1.15 bits per heavy atom. The molecule has 0 radical (unpaired) electrons. The molecule has 2 aromatic rings. The zero-order valence-electron chi connectivity index (χ0n) is 16.4. The van der Waals surface area contributed by atoms with Gasteiger partial charge in [-0.2, -0.15) is 0 Å². The summed E-state index contributed by atoms with van der Waals surface area (Å²) in [5, 5.41) is 0. The summed E-state index contributed by atoms with van der Waals surface area (Å²) in [6.07, 6.45) is 3.49. The van der Waals surface area contributed by atoms with E-state index in [-0.39, 0.29) is 5.91 Å². The summed E-state index contributed by atoms with van der Waals surface area (Å²) in [6, 6.07) is 12.7. The summed E-state index contributed by atoms with van der Waals surface area (Å²) < 4.78 is 5.85. The normalized spacial score (nSPS) is 20.6. The van der Waals surface area contributed by atoms with Crippen LogP contribution in [0.4, 0.5) is 0 Å². The van der Waals surface area contributed by atoms with E-state index in [1.54, 1.807) is 4.90 Å². The van der Waals surface area contributed by atoms with Gasteiger partial charge in [-0.25, -0.2) is 0 Å². The molecule has 1 aromatic heterocycles. The molecule has 0 unspecified atom stereocenters. The molecule has 0 bridgehead atoms. The number of nitrogens with zero attached hydrogens (tertiary/aromatic N) is 3. The fourth-order valence-electron chi connectivity index (χ4n) is 4.25. The van der Waals surface area contributed by atoms with Gasteiger partial charge in [-0.05, 0) is 62.7 Å². The van der Waals surface area contributed by atoms with Crippen LogP contribution in [0, 0.1) is 0 Å². The van der Waals surface area contributed by atoms with Crippen LogP contribution in [0.3, 0.4) is 0 Å². The SMILES string of the molecule is CN(C[C@@H]1Cc2ccccc2CN1C)C(=O)c1ccc(CN2CCCC2)o1. The molecule has 1 fully saturated rings. The third-order valence-corrected chi connectivity index (χ3v) is 5.90. The zero-order valence-corrected chi connectivity index (χ0v) is 16.4. The quantitative estimate of drug-likeness (QED) is 0.815. The van der Waals surface area contributed by atoms with Gasteiger partial charge in [0.25, 0.3) is 5.91 Å². The Morgan fingerprint density at radius 2 is 1.89 bits per heavy atom. The molecule has 3 heterocycles. The van der Waals surface area contributed by atoms with Crippen LogP contribution in [-0.4, -0.2) is 60.4 Å². The molecule has 1 aromatic carbocycles. The number of amides is 1. The second-order valence-corrected chi connectivity index (χ2v) is 7.98. The number of carbonyl (C=O) groups is 1. The molecule has 144 valence electrons. The van der Waals surface area contributed by atoms with Gasteiger partial charge in [0.1, 0.15) is 5.76 Å². The Labute approximate surface area is 161 Å². The zero-order chi connectivity index (χ0) is 18.8. The van der Waals surface area contributed by atoms with Crippen molar-refractivity contribution < 1.29 is 9.21 Å². The molecular weight excluding hydrogens is 338 g/mol. The fraction of sp³-hybridized carbons (Fsp3) is 0.500. The summed E-state index contributed by atoms with van der Waals surface area (Å²) in [7, 11) is 4.01. The average Bonchev–Trinajstić information content (AvgIpc) is 3.34. The van der Waals surface area contributed by atoms with Crippen molar-refractivity contribution in [2.45, 2.75) is 38.4 Å². The van der Waals surface area contributed by atoms with E-state index < -0.39 is 0 Å². The van der Waals surface area contributed by atoms with Crippen molar-refractivity contribution >= 4 is 5.91 Å². The number of hydrogen-bond donors (Lipinski definition) is 0. The van der Waals surface area contributed by atoms with Crippen LogP contribution in [0.15, 0.2) is 40.8 Å². The largest absolute Gasteiger partial charge is 0.455 e. The van der Waals surface area contributed by atoms with Gasteiger partial charge >= 0.3 is 0 Å². The van der Waals surface area contributed by atoms with E-state index in [9.17, 15) is 4.79 Å². The number of rotatable bonds is 5. The number of carbonyl (C=O) groups excluding carboxylic acids is 1. The Balaban J connectivity index is 1.37. The molecule has 1 amide bonds. The van der Waals surface area contributed by atoms with Crippen LogP contribution < -0.4 is 0 Å². The standard InChI is InChI=1S/C22H29N3O2/c1-23-14-18-8-4-3-7-17(18)13-19(23)15-24(2)22(26)21-10-9-20(27-21)16-25-11-5-6-12-25/h3-4,7-10,19H,5-6,11-16H2,1-2H3/t19-/m0/s1. The minimum Gasteiger partial charge on any atom is -0.455 e. The lowest BCUT2D eigenvalue weighted by molar-refractivity contribution is 0.0699. The maximum atomic E-state index is 12.8. The van der Waals surface area contributed by atoms with Crippen LogP contribution in [-0.2, 0) is 19.5 Å². The molecule has 0 aliphatic carbocycles. The van der Waals surface area contributed by atoms with Gasteiger partial charge in [0.2, 0.25) is 0 Å². The molecule has 4 rings (SSSR count). The van der Waals surface area contributed by atoms with Gasteiger partial charge in [-0.3, -0.25) is 14.6 Å². The molecule has 0 saturated carbocycles. The first kappa shape index (κ1) is 18.3. The summed E-state index contributed by atoms with van der Waals surface area (Å²) in [5.74, 6) is 1.30. The predicted molar refractivity (Wildman–Crippen MR) is 106 cm³/mol. The number of furan rings is 1. The summed E-state index contributed by atoms with van der Waals surface area (Å²) >= 11 is 0. The molecule has 5 nitrogen and oxygen atoms in total. The van der Waals surface area contributed by atoms with Gasteiger partial charge in [0, 0.05) is 26.2 Å². The lowest BCUT2D eigenvalue weighted by atomic mass is 9.94. The van der Waals surface area contributed by atoms with Crippen molar-refractivity contribution in [1.29, 1.82) is 0 Å². The second kappa shape index (κ2) is 7.87. The molecule has 1 saturated heterocycles. The highest BCUT2D eigenvalue weighted by molar-refractivity contribution is 5.91. The van der Waals surface area contributed by atoms with Crippen LogP contribution in [0.25, 0.3) is 0 Å². The van der Waals surface area contributed by atoms with Crippen molar-refractivity contribution in [3.8, 4) is 0 Å². The molecule has 2 aliphatic heterocycles. The highest BCUT2D eigenvalue weighted by atomic mass is 16.4. The molecule has 2 aliphatic rings. The van der Waals surface area contributed by atoms with E-state index >= 15 is 0 Å². The topological polar surface area (TPSA) is 39.9 Å². The number of fused-ring (bicyclic) bond motifs is 1. The predicted octanol–water partition coefficient (Wildman–Crippen LogP) is 3.00. The van der Waals surface area contributed by atoms with Gasteiger partial charge in [0.05, 0.1) is 6.54 Å². The first-order valence-corrected chi connectivity index (χ1v) is 9.93. The van der Waals surface area contributed by atoms with Gasteiger partial charge < -0.3 is 9.32 Å². The van der Waals surface area contributed by atoms with E-state index in [2.05, 4.69) is 41.1 Å². The van der Waals surface area contributed by atoms with E-state index in [1.165, 1.54) is 24.0 Å². The van der Waals surface area contributed by atoms with E-state index in [0.717, 1.165) is 38.4 Å². The third-order valence-electron chi connectivity index (χ3n) is 5.90. The van der Waals surface area contributed by atoms with Crippen molar-refractivity contribution in [2.24, 2.45) is 0 Å². The maximum Gasteiger partial charge on any atom is 0.289 e. The minimum atomic E-state index is -0.0325. The Bertz CT molecular complexity index is 794. The lowest BCUT2D eigenvalue weighted by Gasteiger charge is -2.36. The highest BCUT2D eigenvalue weighted by Crippen LogP contribution is 2.23. The smallest absolute Gasteiger partial charge is 0.289 e. The number of benzene rings is 1. The number of likely N-dealkylation sites (N-methyl/N-ethyl adjacent to an activating group) is 2. The van der Waals surface area contributed by atoms with Gasteiger partial charge in [0.15, 0.2) is 5.76 Å². The summed E-state index contributed by atoms with van der Waals surface area (Å²) in [6.45, 7) is 4.69. The maximum absolute atomic E-state index is 12.8. The van der Waals surface area contributed by atoms with Gasteiger partial charge in [-0.1, -0.05) is 24.3 Å². The second-order valence-electron chi connectivity index (χ2n) is 7.98. The fourth-order valence-corrected chi connectivity index (χ4v) is 4.25. The van der Waals surface area contributed by atoms with Crippen LogP contribution in [0.2, 0.25) is 0 Å². The monoisotopic (exact) mass is 367 g/mol. The highest BCUT2D eigenvalue weighted by Gasteiger charge is 2.27. The minimum absolute atomic E-state index is 0.0325. The Kier molecular flexibility index (Phi) is 5.32. The molecular formula is C22H29N3O2. The molecule has 0 spiro atoms. The number of likely N-dealkylation sites (tertiary alicyclic amines) is 1. The first-order chi connectivity index (χ1) is 13.1. The molecule has 27 heavy (non-hydrogen) atoms. The van der Waals surface area contributed by atoms with Crippen molar-refractivity contribution in [2.75, 3.05) is 33.7 Å². The van der Waals surface area contributed by atoms with E-state index in [1.807, 2.05) is 19.2 Å². The Morgan fingerprint density at radius 3 is 2.67 bits per heavy atom. The summed E-state index contributed by atoms with van der Waals surface area (Å²) in [4.78, 5) is 19.3. The van der Waals surface area contributed by atoms with Crippen molar-refractivity contribution in [3.05, 3.63) is 59.0 Å². The van der Waals surface area contributed by atoms with Gasteiger partial charge in [-0.15, -0.1) is 0 Å². The van der Waals surface area contributed by atoms with E-state index in [4.69, 9.17) is 4.42 Å². The first-order valence-electron chi connectivity index (χ1n) is 9.93. The van der Waals surface area contributed by atoms with Crippen LogP contribution >= 0.6 is 0 Å². The summed E-state index contributed by atoms with van der Waals surface area (Å²) in [5.41, 5.74) is 2.79. The third kappa shape index (κ3) is 4.09. The van der Waals surface area contributed by atoms with E-state index in [0.29, 0.717) is 18.3 Å². The average molecular weight is 367 g/mol. The lowest BCUT2D eigenvalue weighted by Crippen LogP contribution is -2.46.